The fourth-order valence-corrected chi connectivity index (χ4v) is 1.89. The van der Waals surface area contributed by atoms with Crippen molar-refractivity contribution in [2.75, 3.05) is 6.26 Å². The number of H-pyrrole nitrogens is 1. The molecule has 0 atom stereocenters. The standard InChI is InChI=1S/C9H9N3O2S/c1-15(13,14)8-4-2-3-7(5-8)9-6-10-12-11-9/h2-6H,1H3,(H,10,11,12). The molecule has 2 rings (SSSR count). The quantitative estimate of drug-likeness (QED) is 0.819. The molecule has 1 heterocycles. The highest BCUT2D eigenvalue weighted by atomic mass is 32.2. The highest BCUT2D eigenvalue weighted by molar-refractivity contribution is 7.90. The molecule has 1 aromatic heterocycles. The first-order valence-electron chi connectivity index (χ1n) is 4.23. The fraction of sp³-hybridized carbons (Fsp3) is 0.111. The summed E-state index contributed by atoms with van der Waals surface area (Å²) in [5.74, 6) is 0. The van der Waals surface area contributed by atoms with Crippen molar-refractivity contribution in [2.45, 2.75) is 4.90 Å². The van der Waals surface area contributed by atoms with E-state index in [0.29, 0.717) is 5.69 Å². The van der Waals surface area contributed by atoms with Crippen LogP contribution in [-0.4, -0.2) is 30.1 Å². The lowest BCUT2D eigenvalue weighted by molar-refractivity contribution is 0.602. The Bertz CT molecular complexity index is 561. The fourth-order valence-electron chi connectivity index (χ4n) is 1.23. The van der Waals surface area contributed by atoms with Crippen LogP contribution in [0.1, 0.15) is 0 Å². The first kappa shape index (κ1) is 9.85. The topological polar surface area (TPSA) is 75.7 Å². The summed E-state index contributed by atoms with van der Waals surface area (Å²) in [6.45, 7) is 0. The van der Waals surface area contributed by atoms with Gasteiger partial charge in [-0.3, -0.25) is 0 Å². The van der Waals surface area contributed by atoms with E-state index < -0.39 is 9.84 Å². The molecule has 0 saturated heterocycles. The van der Waals surface area contributed by atoms with E-state index in [1.54, 1.807) is 30.5 Å². The number of aromatic amines is 1. The van der Waals surface area contributed by atoms with Gasteiger partial charge in [0.25, 0.3) is 0 Å². The predicted molar refractivity (Wildman–Crippen MR) is 54.9 cm³/mol. The molecule has 1 N–H and O–H groups in total. The highest BCUT2D eigenvalue weighted by Gasteiger charge is 2.08. The Morgan fingerprint density at radius 2 is 2.13 bits per heavy atom. The van der Waals surface area contributed by atoms with Gasteiger partial charge in [-0.2, -0.15) is 15.4 Å². The van der Waals surface area contributed by atoms with Gasteiger partial charge in [-0.05, 0) is 12.1 Å². The van der Waals surface area contributed by atoms with Crippen molar-refractivity contribution in [1.82, 2.24) is 15.4 Å². The van der Waals surface area contributed by atoms with E-state index in [1.165, 1.54) is 6.26 Å². The second-order valence-corrected chi connectivity index (χ2v) is 5.17. The van der Waals surface area contributed by atoms with Crippen molar-refractivity contribution in [3.8, 4) is 11.3 Å². The van der Waals surface area contributed by atoms with E-state index in [2.05, 4.69) is 15.4 Å². The first-order valence-corrected chi connectivity index (χ1v) is 6.13. The average molecular weight is 223 g/mol. The number of nitrogens with zero attached hydrogens (tertiary/aromatic N) is 2. The van der Waals surface area contributed by atoms with Gasteiger partial charge in [0.05, 0.1) is 11.1 Å². The Kier molecular flexibility index (Phi) is 2.28. The van der Waals surface area contributed by atoms with Gasteiger partial charge in [0, 0.05) is 11.8 Å². The lowest BCUT2D eigenvalue weighted by atomic mass is 10.2. The third kappa shape index (κ3) is 2.04. The van der Waals surface area contributed by atoms with Crippen molar-refractivity contribution in [3.05, 3.63) is 30.5 Å². The zero-order valence-electron chi connectivity index (χ0n) is 8.01. The zero-order valence-corrected chi connectivity index (χ0v) is 8.82. The van der Waals surface area contributed by atoms with Gasteiger partial charge in [-0.1, -0.05) is 12.1 Å². The largest absolute Gasteiger partial charge is 0.224 e. The van der Waals surface area contributed by atoms with Crippen molar-refractivity contribution >= 4 is 9.84 Å². The van der Waals surface area contributed by atoms with Crippen molar-refractivity contribution in [1.29, 1.82) is 0 Å². The summed E-state index contributed by atoms with van der Waals surface area (Å²) >= 11 is 0. The summed E-state index contributed by atoms with van der Waals surface area (Å²) < 4.78 is 22.6. The molecule has 0 saturated carbocycles. The van der Waals surface area contributed by atoms with Crippen molar-refractivity contribution < 1.29 is 8.42 Å². The second kappa shape index (κ2) is 3.47. The van der Waals surface area contributed by atoms with Crippen LogP contribution in [0.2, 0.25) is 0 Å². The molecule has 0 fully saturated rings. The highest BCUT2D eigenvalue weighted by Crippen LogP contribution is 2.19. The number of benzene rings is 1. The number of nitrogens with one attached hydrogen (secondary N) is 1. The zero-order chi connectivity index (χ0) is 10.9. The SMILES string of the molecule is CS(=O)(=O)c1cccc(-c2cn[nH]n2)c1. The molecule has 78 valence electrons. The van der Waals surface area contributed by atoms with Gasteiger partial charge < -0.3 is 0 Å². The molecule has 0 amide bonds. The summed E-state index contributed by atoms with van der Waals surface area (Å²) in [5, 5.41) is 10.0. The molecule has 0 spiro atoms. The summed E-state index contributed by atoms with van der Waals surface area (Å²) in [6, 6.07) is 6.60. The van der Waals surface area contributed by atoms with Gasteiger partial charge in [0.15, 0.2) is 9.84 Å². The summed E-state index contributed by atoms with van der Waals surface area (Å²) in [5.41, 5.74) is 1.35. The minimum Gasteiger partial charge on any atom is -0.224 e. The van der Waals surface area contributed by atoms with E-state index in [4.69, 9.17) is 0 Å². The van der Waals surface area contributed by atoms with Crippen LogP contribution in [0.3, 0.4) is 0 Å². The van der Waals surface area contributed by atoms with E-state index in [1.807, 2.05) is 0 Å². The van der Waals surface area contributed by atoms with E-state index in [0.717, 1.165) is 5.56 Å². The molecule has 5 nitrogen and oxygen atoms in total. The van der Waals surface area contributed by atoms with E-state index in [9.17, 15) is 8.42 Å². The third-order valence-corrected chi connectivity index (χ3v) is 3.08. The van der Waals surface area contributed by atoms with Gasteiger partial charge >= 0.3 is 0 Å². The lowest BCUT2D eigenvalue weighted by Gasteiger charge is -2.00. The first-order chi connectivity index (χ1) is 7.07. The molecule has 0 bridgehead atoms. The average Bonchev–Trinajstić information content (AvgIpc) is 2.69. The van der Waals surface area contributed by atoms with Gasteiger partial charge in [-0.25, -0.2) is 8.42 Å². The summed E-state index contributed by atoms with van der Waals surface area (Å²) in [6.07, 6.45) is 2.72. The molecule has 0 aliphatic rings. The van der Waals surface area contributed by atoms with Gasteiger partial charge in [0.2, 0.25) is 0 Å². The van der Waals surface area contributed by atoms with Crippen LogP contribution in [-0.2, 0) is 9.84 Å². The van der Waals surface area contributed by atoms with Crippen molar-refractivity contribution in [2.24, 2.45) is 0 Å². The Labute approximate surface area is 87.1 Å². The van der Waals surface area contributed by atoms with Gasteiger partial charge in [-0.15, -0.1) is 0 Å². The molecule has 6 heteroatoms. The molecular weight excluding hydrogens is 214 g/mol. The van der Waals surface area contributed by atoms with Crippen LogP contribution < -0.4 is 0 Å². The lowest BCUT2D eigenvalue weighted by Crippen LogP contribution is -1.96. The van der Waals surface area contributed by atoms with Gasteiger partial charge in [0.1, 0.15) is 5.69 Å². The molecule has 0 radical (unpaired) electrons. The number of hydrogen-bond acceptors (Lipinski definition) is 4. The van der Waals surface area contributed by atoms with Crippen LogP contribution in [0.4, 0.5) is 0 Å². The maximum absolute atomic E-state index is 11.3. The Balaban J connectivity index is 2.53. The van der Waals surface area contributed by atoms with Crippen LogP contribution in [0.25, 0.3) is 11.3 Å². The maximum Gasteiger partial charge on any atom is 0.175 e. The Morgan fingerprint density at radius 3 is 2.73 bits per heavy atom. The van der Waals surface area contributed by atoms with Crippen LogP contribution in [0.5, 0.6) is 0 Å². The number of hydrogen-bond donors (Lipinski definition) is 1. The molecule has 0 aliphatic heterocycles. The number of rotatable bonds is 2. The van der Waals surface area contributed by atoms with Crippen LogP contribution >= 0.6 is 0 Å². The molecule has 1 aromatic carbocycles. The minimum absolute atomic E-state index is 0.281. The van der Waals surface area contributed by atoms with E-state index in [-0.39, 0.29) is 4.90 Å². The van der Waals surface area contributed by atoms with E-state index >= 15 is 0 Å². The molecule has 0 aliphatic carbocycles. The third-order valence-electron chi connectivity index (χ3n) is 1.97. The smallest absolute Gasteiger partial charge is 0.175 e. The van der Waals surface area contributed by atoms with Crippen LogP contribution in [0.15, 0.2) is 35.4 Å². The summed E-state index contributed by atoms with van der Waals surface area (Å²) in [4.78, 5) is 0.281. The second-order valence-electron chi connectivity index (χ2n) is 3.16. The molecule has 2 aromatic rings. The Morgan fingerprint density at radius 1 is 1.33 bits per heavy atom. The normalized spacial score (nSPS) is 11.5. The maximum atomic E-state index is 11.3. The minimum atomic E-state index is -3.17. The number of sulfone groups is 1. The summed E-state index contributed by atoms with van der Waals surface area (Å²) in [7, 11) is -3.17. The number of aromatic nitrogens is 3. The predicted octanol–water partition coefficient (Wildman–Crippen LogP) is 0.875. The molecular formula is C9H9N3O2S. The monoisotopic (exact) mass is 223 g/mol. The van der Waals surface area contributed by atoms with Crippen LogP contribution in [0, 0.1) is 0 Å². The Hall–Kier alpha value is -1.69. The molecule has 0 unspecified atom stereocenters. The molecule has 15 heavy (non-hydrogen) atoms. The van der Waals surface area contributed by atoms with Crippen molar-refractivity contribution in [3.63, 3.8) is 0 Å².